The molecular weight excluding hydrogens is 368 g/mol. The van der Waals surface area contributed by atoms with Crippen molar-refractivity contribution in [3.8, 4) is 5.75 Å². The van der Waals surface area contributed by atoms with Gasteiger partial charge < -0.3 is 4.74 Å². The molecule has 0 aliphatic carbocycles. The highest BCUT2D eigenvalue weighted by Crippen LogP contribution is 2.49. The maximum absolute atomic E-state index is 13.7. The van der Waals surface area contributed by atoms with Gasteiger partial charge in [-0.2, -0.15) is 26.3 Å². The number of thiol groups is 1. The van der Waals surface area contributed by atoms with Crippen LogP contribution >= 0.6 is 12.6 Å². The molecule has 0 aromatic heterocycles. The summed E-state index contributed by atoms with van der Waals surface area (Å²) in [5.41, 5.74) is -6.85. The monoisotopic (exact) mass is 382 g/mol. The molecule has 0 amide bonds. The molecule has 1 aromatic carbocycles. The van der Waals surface area contributed by atoms with E-state index in [0.29, 0.717) is 0 Å². The maximum atomic E-state index is 13.7. The average molecular weight is 382 g/mol. The summed E-state index contributed by atoms with van der Waals surface area (Å²) >= 11 is 3.52. The van der Waals surface area contributed by atoms with Gasteiger partial charge in [0.25, 0.3) is 0 Å². The number of ether oxygens (including phenoxy) is 1. The van der Waals surface area contributed by atoms with E-state index in [1.54, 1.807) is 0 Å². The van der Waals surface area contributed by atoms with Crippen LogP contribution in [0.15, 0.2) is 24.3 Å². The highest BCUT2D eigenvalue weighted by atomic mass is 32.1. The highest BCUT2D eigenvalue weighted by molar-refractivity contribution is 7.80. The largest absolute Gasteiger partial charge is 0.490 e. The van der Waals surface area contributed by atoms with Crippen molar-refractivity contribution < 1.29 is 39.9 Å². The van der Waals surface area contributed by atoms with Gasteiger partial charge in [0.1, 0.15) is 11.9 Å². The van der Waals surface area contributed by atoms with Crippen molar-refractivity contribution in [3.63, 3.8) is 0 Å². The molecule has 10 heteroatoms. The fraction of sp³-hybridized carbons (Fsp3) is 0.571. The van der Waals surface area contributed by atoms with Crippen molar-refractivity contribution in [1.82, 2.24) is 0 Å². The number of hydrogen-bond acceptors (Lipinski definition) is 2. The summed E-state index contributed by atoms with van der Waals surface area (Å²) in [6, 6.07) is 4.72. The van der Waals surface area contributed by atoms with Gasteiger partial charge in [0.2, 0.25) is 0 Å². The van der Waals surface area contributed by atoms with Crippen molar-refractivity contribution in [2.75, 3.05) is 0 Å². The Morgan fingerprint density at radius 1 is 0.958 bits per heavy atom. The van der Waals surface area contributed by atoms with Gasteiger partial charge in [-0.25, -0.2) is 8.78 Å². The third-order valence-electron chi connectivity index (χ3n) is 3.32. The van der Waals surface area contributed by atoms with Crippen LogP contribution in [0.25, 0.3) is 0 Å². The summed E-state index contributed by atoms with van der Waals surface area (Å²) < 4.78 is 107. The first-order valence-corrected chi connectivity index (χ1v) is 7.24. The molecule has 0 N–H and O–H groups in total. The summed E-state index contributed by atoms with van der Waals surface area (Å²) in [6.07, 6.45) is -16.2. The van der Waals surface area contributed by atoms with Crippen molar-refractivity contribution in [1.29, 1.82) is 0 Å². The molecule has 2 atom stereocenters. The van der Waals surface area contributed by atoms with Gasteiger partial charge in [0, 0.05) is 6.42 Å². The summed E-state index contributed by atoms with van der Waals surface area (Å²) in [5.74, 6) is -0.105. The Morgan fingerprint density at radius 3 is 1.75 bits per heavy atom. The van der Waals surface area contributed by atoms with Crippen LogP contribution in [0.4, 0.5) is 35.1 Å². The molecule has 0 radical (unpaired) electrons. The third-order valence-corrected chi connectivity index (χ3v) is 3.62. The molecule has 0 spiro atoms. The lowest BCUT2D eigenvalue weighted by Crippen LogP contribution is -2.55. The SMILES string of the molecule is CCC(CC(F)(C(F)(F)F)C(F)(F)F)Oc1ccc(C(F)S)cc1. The van der Waals surface area contributed by atoms with E-state index in [4.69, 9.17) is 4.74 Å². The van der Waals surface area contributed by atoms with Crippen LogP contribution in [0.1, 0.15) is 30.8 Å². The first kappa shape index (κ1) is 20.9. The van der Waals surface area contributed by atoms with E-state index < -0.39 is 36.0 Å². The molecule has 0 fully saturated rings. The Hall–Kier alpha value is -1.19. The zero-order chi connectivity index (χ0) is 18.8. The van der Waals surface area contributed by atoms with E-state index >= 15 is 0 Å². The van der Waals surface area contributed by atoms with E-state index in [9.17, 15) is 35.1 Å². The van der Waals surface area contributed by atoms with E-state index in [-0.39, 0.29) is 17.7 Å². The van der Waals surface area contributed by atoms with E-state index in [1.165, 1.54) is 19.1 Å². The lowest BCUT2D eigenvalue weighted by atomic mass is 9.95. The minimum atomic E-state index is -6.13. The molecular formula is C14H14F8OS. The van der Waals surface area contributed by atoms with Crippen LogP contribution in [0, 0.1) is 0 Å². The Bertz CT molecular complexity index is 509. The van der Waals surface area contributed by atoms with Crippen molar-refractivity contribution in [3.05, 3.63) is 29.8 Å². The molecule has 2 unspecified atom stereocenters. The van der Waals surface area contributed by atoms with Gasteiger partial charge in [0.15, 0.2) is 5.50 Å². The summed E-state index contributed by atoms with van der Waals surface area (Å²) in [5, 5.41) is 0. The fourth-order valence-electron chi connectivity index (χ4n) is 1.87. The van der Waals surface area contributed by atoms with Crippen molar-refractivity contribution in [2.45, 2.75) is 49.4 Å². The minimum Gasteiger partial charge on any atom is -0.490 e. The zero-order valence-electron chi connectivity index (χ0n) is 12.3. The molecule has 0 saturated carbocycles. The number of alkyl halides is 8. The number of rotatable bonds is 6. The van der Waals surface area contributed by atoms with Gasteiger partial charge in [-0.05, 0) is 24.1 Å². The molecule has 0 bridgehead atoms. The first-order chi connectivity index (χ1) is 10.8. The van der Waals surface area contributed by atoms with Gasteiger partial charge in [-0.3, -0.25) is 0 Å². The normalized spacial score (nSPS) is 15.9. The first-order valence-electron chi connectivity index (χ1n) is 6.73. The summed E-state index contributed by atoms with van der Waals surface area (Å²) in [7, 11) is 0. The van der Waals surface area contributed by atoms with E-state index in [1.807, 2.05) is 0 Å². The van der Waals surface area contributed by atoms with Gasteiger partial charge >= 0.3 is 18.0 Å². The molecule has 24 heavy (non-hydrogen) atoms. The molecule has 0 heterocycles. The van der Waals surface area contributed by atoms with Crippen LogP contribution < -0.4 is 4.74 Å². The minimum absolute atomic E-state index is 0.105. The van der Waals surface area contributed by atoms with Crippen LogP contribution in [-0.4, -0.2) is 24.1 Å². The van der Waals surface area contributed by atoms with Crippen LogP contribution in [0.5, 0.6) is 5.75 Å². The second-order valence-corrected chi connectivity index (χ2v) is 5.51. The Kier molecular flexibility index (Phi) is 6.40. The lowest BCUT2D eigenvalue weighted by molar-refractivity contribution is -0.346. The van der Waals surface area contributed by atoms with E-state index in [0.717, 1.165) is 12.1 Å². The number of hydrogen-bond donors (Lipinski definition) is 1. The molecule has 0 aliphatic rings. The molecule has 1 nitrogen and oxygen atoms in total. The fourth-order valence-corrected chi connectivity index (χ4v) is 2.05. The third kappa shape index (κ3) is 4.67. The Labute approximate surface area is 138 Å². The smallest absolute Gasteiger partial charge is 0.431 e. The molecule has 1 aromatic rings. The highest BCUT2D eigenvalue weighted by Gasteiger charge is 2.72. The molecule has 0 aliphatic heterocycles. The summed E-state index contributed by atoms with van der Waals surface area (Å²) in [6.45, 7) is 1.26. The van der Waals surface area contributed by atoms with Gasteiger partial charge in [-0.1, -0.05) is 19.1 Å². The second-order valence-electron chi connectivity index (χ2n) is 5.05. The van der Waals surface area contributed by atoms with Crippen LogP contribution in [0.2, 0.25) is 0 Å². The average Bonchev–Trinajstić information content (AvgIpc) is 2.44. The van der Waals surface area contributed by atoms with E-state index in [2.05, 4.69) is 12.6 Å². The summed E-state index contributed by atoms with van der Waals surface area (Å²) in [4.78, 5) is 0. The molecule has 0 saturated heterocycles. The van der Waals surface area contributed by atoms with Gasteiger partial charge in [0.05, 0.1) is 0 Å². The van der Waals surface area contributed by atoms with Gasteiger partial charge in [-0.15, -0.1) is 12.6 Å². The maximum Gasteiger partial charge on any atom is 0.431 e. The predicted molar refractivity (Wildman–Crippen MR) is 74.6 cm³/mol. The molecule has 138 valence electrons. The molecule has 1 rings (SSSR count). The number of benzene rings is 1. The second kappa shape index (κ2) is 7.37. The van der Waals surface area contributed by atoms with Crippen molar-refractivity contribution in [2.24, 2.45) is 0 Å². The standard InChI is InChI=1S/C14H14F8OS/c1-2-9(7-12(16,13(17,18)19)14(20,21)22)23-10-5-3-8(4-6-10)11(15)24/h3-6,9,11,24H,2,7H2,1H3. The van der Waals surface area contributed by atoms with Crippen molar-refractivity contribution >= 4 is 12.6 Å². The topological polar surface area (TPSA) is 9.23 Å². The van der Waals surface area contributed by atoms with Crippen LogP contribution in [0.3, 0.4) is 0 Å². The number of halogens is 8. The van der Waals surface area contributed by atoms with Crippen LogP contribution in [-0.2, 0) is 0 Å². The quantitative estimate of drug-likeness (QED) is 0.471. The Balaban J connectivity index is 2.96. The predicted octanol–water partition coefficient (Wildman–Crippen LogP) is 5.96. The zero-order valence-corrected chi connectivity index (χ0v) is 13.2. The Morgan fingerprint density at radius 2 is 1.42 bits per heavy atom. The lowest BCUT2D eigenvalue weighted by Gasteiger charge is -2.32.